The molecule has 0 bridgehead atoms. The van der Waals surface area contributed by atoms with E-state index in [0.717, 1.165) is 25.2 Å². The molecule has 3 heteroatoms. The maximum absolute atomic E-state index is 6.03. The van der Waals surface area contributed by atoms with E-state index >= 15 is 0 Å². The number of nitrogens with two attached hydrogens (primary N) is 1. The summed E-state index contributed by atoms with van der Waals surface area (Å²) in [5, 5.41) is 0. The molecule has 112 valence electrons. The molecular weight excluding hydrogens is 258 g/mol. The largest absolute Gasteiger partial charge is 0.327 e. The standard InChI is InChI=1S/C18H25N3/c1-4-16(19)12-15-11-14(3)18(20-13-15)21(5-2)17-9-7-6-8-10-17/h6-11,13,16H,4-5,12,19H2,1-3H3. The van der Waals surface area contributed by atoms with Crippen molar-refractivity contribution >= 4 is 11.5 Å². The van der Waals surface area contributed by atoms with Crippen LogP contribution >= 0.6 is 0 Å². The number of anilines is 2. The van der Waals surface area contributed by atoms with E-state index < -0.39 is 0 Å². The smallest absolute Gasteiger partial charge is 0.135 e. The third-order valence-electron chi connectivity index (χ3n) is 3.77. The Morgan fingerprint density at radius 3 is 2.48 bits per heavy atom. The highest BCUT2D eigenvalue weighted by Crippen LogP contribution is 2.26. The number of para-hydroxylation sites is 1. The molecule has 0 amide bonds. The number of pyridine rings is 1. The molecule has 1 heterocycles. The van der Waals surface area contributed by atoms with Crippen LogP contribution < -0.4 is 10.6 Å². The van der Waals surface area contributed by atoms with Crippen molar-refractivity contribution in [3.05, 3.63) is 53.7 Å². The summed E-state index contributed by atoms with van der Waals surface area (Å²) in [7, 11) is 0. The molecule has 0 saturated carbocycles. The molecule has 0 aliphatic heterocycles. The highest BCUT2D eigenvalue weighted by atomic mass is 15.2. The molecule has 0 saturated heterocycles. The fourth-order valence-electron chi connectivity index (χ4n) is 2.53. The van der Waals surface area contributed by atoms with E-state index in [1.807, 2.05) is 12.3 Å². The molecule has 0 radical (unpaired) electrons. The van der Waals surface area contributed by atoms with E-state index in [1.165, 1.54) is 16.8 Å². The summed E-state index contributed by atoms with van der Waals surface area (Å²) in [5.41, 5.74) is 9.62. The van der Waals surface area contributed by atoms with Crippen molar-refractivity contribution in [3.63, 3.8) is 0 Å². The van der Waals surface area contributed by atoms with Gasteiger partial charge in [0.1, 0.15) is 5.82 Å². The lowest BCUT2D eigenvalue weighted by Gasteiger charge is -2.24. The van der Waals surface area contributed by atoms with Crippen LogP contribution in [0.25, 0.3) is 0 Å². The third kappa shape index (κ3) is 3.82. The molecule has 0 aliphatic carbocycles. The highest BCUT2D eigenvalue weighted by Gasteiger charge is 2.12. The van der Waals surface area contributed by atoms with E-state index in [2.05, 4.69) is 61.0 Å². The molecule has 2 N–H and O–H groups in total. The molecule has 2 rings (SSSR count). The van der Waals surface area contributed by atoms with E-state index in [-0.39, 0.29) is 6.04 Å². The topological polar surface area (TPSA) is 42.1 Å². The Kier molecular flexibility index (Phi) is 5.34. The lowest BCUT2D eigenvalue weighted by Crippen LogP contribution is -2.22. The summed E-state index contributed by atoms with van der Waals surface area (Å²) in [6.45, 7) is 7.28. The summed E-state index contributed by atoms with van der Waals surface area (Å²) < 4.78 is 0. The molecule has 21 heavy (non-hydrogen) atoms. The first kappa shape index (κ1) is 15.5. The molecule has 1 unspecified atom stereocenters. The van der Waals surface area contributed by atoms with Crippen LogP contribution in [0.3, 0.4) is 0 Å². The van der Waals surface area contributed by atoms with Crippen molar-refractivity contribution in [1.82, 2.24) is 4.98 Å². The number of nitrogens with zero attached hydrogens (tertiary/aromatic N) is 2. The highest BCUT2D eigenvalue weighted by molar-refractivity contribution is 5.62. The molecule has 1 aromatic carbocycles. The average Bonchev–Trinajstić information content (AvgIpc) is 2.51. The van der Waals surface area contributed by atoms with Gasteiger partial charge in [-0.25, -0.2) is 4.98 Å². The van der Waals surface area contributed by atoms with Gasteiger partial charge >= 0.3 is 0 Å². The predicted molar refractivity (Wildman–Crippen MR) is 90.1 cm³/mol. The molecule has 0 aliphatic rings. The first-order valence-electron chi connectivity index (χ1n) is 7.69. The summed E-state index contributed by atoms with van der Waals surface area (Å²) in [6.07, 6.45) is 3.84. The summed E-state index contributed by atoms with van der Waals surface area (Å²) in [6, 6.07) is 12.8. The van der Waals surface area contributed by atoms with Gasteiger partial charge in [-0.05, 0) is 49.9 Å². The fraction of sp³-hybridized carbons (Fsp3) is 0.389. The summed E-state index contributed by atoms with van der Waals surface area (Å²) >= 11 is 0. The van der Waals surface area contributed by atoms with E-state index in [0.29, 0.717) is 0 Å². The zero-order chi connectivity index (χ0) is 15.2. The SMILES string of the molecule is CCC(N)Cc1cnc(N(CC)c2ccccc2)c(C)c1. The Bertz CT molecular complexity index is 566. The van der Waals surface area contributed by atoms with Crippen LogP contribution in [0.4, 0.5) is 11.5 Å². The van der Waals surface area contributed by atoms with Crippen LogP contribution in [0.5, 0.6) is 0 Å². The molecule has 3 nitrogen and oxygen atoms in total. The number of aryl methyl sites for hydroxylation is 1. The average molecular weight is 283 g/mol. The Labute approximate surface area is 127 Å². The normalized spacial score (nSPS) is 12.2. The fourth-order valence-corrected chi connectivity index (χ4v) is 2.53. The maximum Gasteiger partial charge on any atom is 0.135 e. The second-order valence-corrected chi connectivity index (χ2v) is 5.44. The summed E-state index contributed by atoms with van der Waals surface area (Å²) in [5.74, 6) is 1.03. The van der Waals surface area contributed by atoms with Gasteiger partial charge in [0, 0.05) is 24.5 Å². The number of hydrogen-bond donors (Lipinski definition) is 1. The number of benzene rings is 1. The van der Waals surface area contributed by atoms with E-state index in [1.54, 1.807) is 0 Å². The van der Waals surface area contributed by atoms with Crippen LogP contribution in [0.15, 0.2) is 42.6 Å². The van der Waals surface area contributed by atoms with Crippen LogP contribution in [0.2, 0.25) is 0 Å². The van der Waals surface area contributed by atoms with Crippen LogP contribution in [0.1, 0.15) is 31.4 Å². The third-order valence-corrected chi connectivity index (χ3v) is 3.77. The van der Waals surface area contributed by atoms with Crippen molar-refractivity contribution in [2.24, 2.45) is 5.73 Å². The molecular formula is C18H25N3. The lowest BCUT2D eigenvalue weighted by atomic mass is 10.0. The zero-order valence-electron chi connectivity index (χ0n) is 13.2. The Hall–Kier alpha value is -1.87. The van der Waals surface area contributed by atoms with E-state index in [9.17, 15) is 0 Å². The van der Waals surface area contributed by atoms with Crippen molar-refractivity contribution < 1.29 is 0 Å². The van der Waals surface area contributed by atoms with Gasteiger partial charge in [-0.3, -0.25) is 0 Å². The van der Waals surface area contributed by atoms with Crippen molar-refractivity contribution in [2.75, 3.05) is 11.4 Å². The summed E-state index contributed by atoms with van der Waals surface area (Å²) in [4.78, 5) is 6.92. The molecule has 0 fully saturated rings. The lowest BCUT2D eigenvalue weighted by molar-refractivity contribution is 0.645. The second-order valence-electron chi connectivity index (χ2n) is 5.44. The zero-order valence-corrected chi connectivity index (χ0v) is 13.2. The van der Waals surface area contributed by atoms with Crippen LogP contribution in [0, 0.1) is 6.92 Å². The number of hydrogen-bond acceptors (Lipinski definition) is 3. The Morgan fingerprint density at radius 2 is 1.90 bits per heavy atom. The van der Waals surface area contributed by atoms with Gasteiger partial charge in [0.2, 0.25) is 0 Å². The van der Waals surface area contributed by atoms with Gasteiger partial charge in [-0.2, -0.15) is 0 Å². The molecule has 1 aromatic heterocycles. The molecule has 0 spiro atoms. The Morgan fingerprint density at radius 1 is 1.19 bits per heavy atom. The van der Waals surface area contributed by atoms with Gasteiger partial charge in [-0.15, -0.1) is 0 Å². The maximum atomic E-state index is 6.03. The van der Waals surface area contributed by atoms with Gasteiger partial charge in [0.05, 0.1) is 0 Å². The van der Waals surface area contributed by atoms with Crippen LogP contribution in [-0.2, 0) is 6.42 Å². The number of aromatic nitrogens is 1. The van der Waals surface area contributed by atoms with Crippen molar-refractivity contribution in [3.8, 4) is 0 Å². The number of rotatable bonds is 6. The second kappa shape index (κ2) is 7.23. The predicted octanol–water partition coefficient (Wildman–Crippen LogP) is 3.83. The first-order valence-corrected chi connectivity index (χ1v) is 7.69. The quantitative estimate of drug-likeness (QED) is 0.876. The monoisotopic (exact) mass is 283 g/mol. The van der Waals surface area contributed by atoms with E-state index in [4.69, 9.17) is 5.73 Å². The minimum Gasteiger partial charge on any atom is -0.327 e. The van der Waals surface area contributed by atoms with Crippen molar-refractivity contribution in [1.29, 1.82) is 0 Å². The van der Waals surface area contributed by atoms with Gasteiger partial charge in [0.15, 0.2) is 0 Å². The van der Waals surface area contributed by atoms with Gasteiger partial charge in [-0.1, -0.05) is 31.2 Å². The van der Waals surface area contributed by atoms with Gasteiger partial charge < -0.3 is 10.6 Å². The minimum atomic E-state index is 0.216. The Balaban J connectivity index is 2.27. The molecule has 2 aromatic rings. The van der Waals surface area contributed by atoms with Crippen LogP contribution in [-0.4, -0.2) is 17.6 Å². The minimum absolute atomic E-state index is 0.216. The van der Waals surface area contributed by atoms with Gasteiger partial charge in [0.25, 0.3) is 0 Å². The van der Waals surface area contributed by atoms with Crippen molar-refractivity contribution in [2.45, 2.75) is 39.7 Å². The first-order chi connectivity index (χ1) is 10.2. The molecule has 1 atom stereocenters.